The highest BCUT2D eigenvalue weighted by Gasteiger charge is 2.18. The van der Waals surface area contributed by atoms with Crippen molar-refractivity contribution in [3.8, 4) is 5.75 Å². The van der Waals surface area contributed by atoms with Crippen molar-refractivity contribution in [2.75, 3.05) is 0 Å². The molecule has 0 atom stereocenters. The molecule has 21 heavy (non-hydrogen) atoms. The number of benzene rings is 2. The van der Waals surface area contributed by atoms with Gasteiger partial charge in [-0.25, -0.2) is 4.79 Å². The van der Waals surface area contributed by atoms with Crippen LogP contribution in [0, 0.1) is 0 Å². The van der Waals surface area contributed by atoms with E-state index in [2.05, 4.69) is 4.84 Å². The largest absolute Gasteiger partial charge is 0.505 e. The standard InChI is InChI=1S/C14H9Cl2NO4/c15-9-6-10(12(18)11(16)7-9)14(20)21-17-13(19)8-4-2-1-3-5-8/h1-7,18H,(H,17,19). The smallest absolute Gasteiger partial charge is 0.366 e. The van der Waals surface area contributed by atoms with E-state index in [0.717, 1.165) is 0 Å². The average molecular weight is 326 g/mol. The van der Waals surface area contributed by atoms with Crippen LogP contribution >= 0.6 is 23.2 Å². The van der Waals surface area contributed by atoms with Gasteiger partial charge in [0, 0.05) is 10.6 Å². The summed E-state index contributed by atoms with van der Waals surface area (Å²) in [4.78, 5) is 28.1. The van der Waals surface area contributed by atoms with Crippen molar-refractivity contribution in [2.45, 2.75) is 0 Å². The summed E-state index contributed by atoms with van der Waals surface area (Å²) in [7, 11) is 0. The number of halogens is 2. The van der Waals surface area contributed by atoms with E-state index >= 15 is 0 Å². The first kappa shape index (κ1) is 15.2. The van der Waals surface area contributed by atoms with Gasteiger partial charge in [0.25, 0.3) is 5.91 Å². The SMILES string of the molecule is O=C(NOC(=O)c1cc(Cl)cc(Cl)c1O)c1ccccc1. The Bertz CT molecular complexity index is 689. The molecule has 0 aromatic heterocycles. The Morgan fingerprint density at radius 1 is 1.10 bits per heavy atom. The maximum absolute atomic E-state index is 11.8. The highest BCUT2D eigenvalue weighted by molar-refractivity contribution is 6.36. The molecule has 0 fully saturated rings. The zero-order valence-electron chi connectivity index (χ0n) is 10.5. The average Bonchev–Trinajstić information content (AvgIpc) is 2.49. The lowest BCUT2D eigenvalue weighted by Crippen LogP contribution is -2.27. The molecule has 0 saturated carbocycles. The van der Waals surface area contributed by atoms with Crippen LogP contribution in [0.1, 0.15) is 20.7 Å². The molecule has 1 amide bonds. The zero-order valence-corrected chi connectivity index (χ0v) is 12.0. The van der Waals surface area contributed by atoms with E-state index in [1.807, 2.05) is 5.48 Å². The van der Waals surface area contributed by atoms with Gasteiger partial charge >= 0.3 is 5.97 Å². The lowest BCUT2D eigenvalue weighted by atomic mass is 10.2. The van der Waals surface area contributed by atoms with Crippen molar-refractivity contribution in [2.24, 2.45) is 0 Å². The van der Waals surface area contributed by atoms with Gasteiger partial charge in [-0.15, -0.1) is 0 Å². The van der Waals surface area contributed by atoms with Crippen molar-refractivity contribution in [3.63, 3.8) is 0 Å². The third-order valence-electron chi connectivity index (χ3n) is 2.52. The first-order valence-electron chi connectivity index (χ1n) is 5.73. The molecular weight excluding hydrogens is 317 g/mol. The maximum atomic E-state index is 11.8. The molecule has 0 bridgehead atoms. The van der Waals surface area contributed by atoms with Crippen LogP contribution in [0.2, 0.25) is 10.0 Å². The van der Waals surface area contributed by atoms with Gasteiger partial charge in [0.15, 0.2) is 0 Å². The van der Waals surface area contributed by atoms with Crippen molar-refractivity contribution >= 4 is 35.1 Å². The highest BCUT2D eigenvalue weighted by atomic mass is 35.5. The molecule has 0 aliphatic heterocycles. The van der Waals surface area contributed by atoms with Gasteiger partial charge in [-0.1, -0.05) is 41.4 Å². The number of phenols is 1. The summed E-state index contributed by atoms with van der Waals surface area (Å²) < 4.78 is 0. The van der Waals surface area contributed by atoms with Crippen LogP contribution in [-0.4, -0.2) is 17.0 Å². The molecule has 108 valence electrons. The maximum Gasteiger partial charge on any atom is 0.366 e. The van der Waals surface area contributed by atoms with Crippen LogP contribution in [0.4, 0.5) is 0 Å². The fraction of sp³-hybridized carbons (Fsp3) is 0. The monoisotopic (exact) mass is 325 g/mol. The summed E-state index contributed by atoms with van der Waals surface area (Å²) >= 11 is 11.4. The Kier molecular flexibility index (Phi) is 4.67. The molecule has 0 spiro atoms. The molecule has 5 nitrogen and oxygen atoms in total. The Labute approximate surface area is 130 Å². The molecule has 2 N–H and O–H groups in total. The van der Waals surface area contributed by atoms with E-state index < -0.39 is 17.6 Å². The van der Waals surface area contributed by atoms with Gasteiger partial charge in [0.2, 0.25) is 0 Å². The van der Waals surface area contributed by atoms with E-state index in [9.17, 15) is 14.7 Å². The minimum atomic E-state index is -0.985. The molecule has 2 rings (SSSR count). The molecule has 2 aromatic rings. The van der Waals surface area contributed by atoms with Gasteiger partial charge in [-0.3, -0.25) is 4.79 Å². The zero-order chi connectivity index (χ0) is 15.4. The van der Waals surface area contributed by atoms with E-state index in [1.54, 1.807) is 30.3 Å². The summed E-state index contributed by atoms with van der Waals surface area (Å²) in [5, 5.41) is 9.73. The topological polar surface area (TPSA) is 75.6 Å². The van der Waals surface area contributed by atoms with Crippen molar-refractivity contribution in [3.05, 3.63) is 63.6 Å². The van der Waals surface area contributed by atoms with Crippen LogP contribution in [0.25, 0.3) is 0 Å². The van der Waals surface area contributed by atoms with Crippen LogP contribution < -0.4 is 5.48 Å². The summed E-state index contributed by atoms with van der Waals surface area (Å²) in [6, 6.07) is 10.6. The van der Waals surface area contributed by atoms with Gasteiger partial charge in [0.1, 0.15) is 11.3 Å². The van der Waals surface area contributed by atoms with Gasteiger partial charge < -0.3 is 9.94 Å². The van der Waals surface area contributed by atoms with Gasteiger partial charge in [-0.2, -0.15) is 5.48 Å². The molecule has 2 aromatic carbocycles. The molecule has 0 unspecified atom stereocenters. The fourth-order valence-electron chi connectivity index (χ4n) is 1.52. The number of phenolic OH excluding ortho intramolecular Hbond substituents is 1. The van der Waals surface area contributed by atoms with Crippen molar-refractivity contribution < 1.29 is 19.5 Å². The number of amides is 1. The molecule has 0 saturated heterocycles. The van der Waals surface area contributed by atoms with E-state index in [0.29, 0.717) is 5.56 Å². The molecule has 0 heterocycles. The van der Waals surface area contributed by atoms with Crippen LogP contribution in [0.15, 0.2) is 42.5 Å². The normalized spacial score (nSPS) is 10.0. The number of carbonyl (C=O) groups is 2. The minimum absolute atomic E-state index is 0.0937. The molecule has 0 aliphatic rings. The minimum Gasteiger partial charge on any atom is -0.505 e. The summed E-state index contributed by atoms with van der Waals surface area (Å²) in [5.41, 5.74) is 2.05. The Hall–Kier alpha value is -2.24. The second kappa shape index (κ2) is 6.47. The van der Waals surface area contributed by atoms with Crippen LogP contribution in [0.3, 0.4) is 0 Å². The quantitative estimate of drug-likeness (QED) is 0.831. The van der Waals surface area contributed by atoms with Crippen molar-refractivity contribution in [1.82, 2.24) is 5.48 Å². The summed E-state index contributed by atoms with van der Waals surface area (Å²) in [6.45, 7) is 0. The molecular formula is C14H9Cl2NO4. The predicted octanol–water partition coefficient (Wildman–Crippen LogP) is 3.20. The lowest BCUT2D eigenvalue weighted by molar-refractivity contribution is 0.0227. The Balaban J connectivity index is 2.08. The van der Waals surface area contributed by atoms with Crippen molar-refractivity contribution in [1.29, 1.82) is 0 Å². The number of carbonyl (C=O) groups excluding carboxylic acids is 2. The number of hydrogen-bond acceptors (Lipinski definition) is 4. The van der Waals surface area contributed by atoms with Gasteiger partial charge in [-0.05, 0) is 24.3 Å². The lowest BCUT2D eigenvalue weighted by Gasteiger charge is -2.08. The molecule has 0 aliphatic carbocycles. The van der Waals surface area contributed by atoms with E-state index in [4.69, 9.17) is 23.2 Å². The predicted molar refractivity (Wildman–Crippen MR) is 77.5 cm³/mol. The van der Waals surface area contributed by atoms with Crippen LogP contribution in [0.5, 0.6) is 5.75 Å². The Morgan fingerprint density at radius 3 is 2.43 bits per heavy atom. The van der Waals surface area contributed by atoms with E-state index in [1.165, 1.54) is 12.1 Å². The first-order chi connectivity index (χ1) is 9.99. The molecule has 7 heteroatoms. The highest BCUT2D eigenvalue weighted by Crippen LogP contribution is 2.31. The number of rotatable bonds is 2. The van der Waals surface area contributed by atoms with Crippen LogP contribution in [-0.2, 0) is 4.84 Å². The third-order valence-corrected chi connectivity index (χ3v) is 3.03. The van der Waals surface area contributed by atoms with E-state index in [-0.39, 0.29) is 15.6 Å². The molecule has 0 radical (unpaired) electrons. The summed E-state index contributed by atoms with van der Waals surface area (Å²) in [6.07, 6.45) is 0. The van der Waals surface area contributed by atoms with Gasteiger partial charge in [0.05, 0.1) is 5.02 Å². The second-order valence-electron chi connectivity index (χ2n) is 3.97. The number of hydroxylamine groups is 1. The number of hydrogen-bond donors (Lipinski definition) is 2. The summed E-state index contributed by atoms with van der Waals surface area (Å²) in [5.74, 6) is -2.06. The second-order valence-corrected chi connectivity index (χ2v) is 4.81. The number of aromatic hydroxyl groups is 1. The number of nitrogens with one attached hydrogen (secondary N) is 1. The Morgan fingerprint density at radius 2 is 1.76 bits per heavy atom. The first-order valence-corrected chi connectivity index (χ1v) is 6.49. The third kappa shape index (κ3) is 3.65. The fourth-order valence-corrected chi connectivity index (χ4v) is 2.01.